The summed E-state index contributed by atoms with van der Waals surface area (Å²) in [4.78, 5) is 16.4. The fourth-order valence-electron chi connectivity index (χ4n) is 4.89. The molecule has 3 atom stereocenters. The zero-order chi connectivity index (χ0) is 19.6. The first kappa shape index (κ1) is 18.5. The van der Waals surface area contributed by atoms with E-state index >= 15 is 0 Å². The van der Waals surface area contributed by atoms with E-state index in [-0.39, 0.29) is 22.8 Å². The lowest BCUT2D eigenvalue weighted by Crippen LogP contribution is -2.25. The van der Waals surface area contributed by atoms with Crippen LogP contribution in [0.15, 0.2) is 99.6 Å². The Morgan fingerprint density at radius 1 is 0.724 bits per heavy atom. The van der Waals surface area contributed by atoms with E-state index in [9.17, 15) is 4.79 Å². The minimum Gasteiger partial charge on any atom is -0.426 e. The summed E-state index contributed by atoms with van der Waals surface area (Å²) in [5.74, 6) is 2.03. The van der Waals surface area contributed by atoms with Crippen LogP contribution in [0.2, 0.25) is 0 Å². The second kappa shape index (κ2) is 8.08. The van der Waals surface area contributed by atoms with Crippen LogP contribution < -0.4 is 4.74 Å². The third-order valence-electron chi connectivity index (χ3n) is 6.28. The fraction of sp³-hybridized carbons (Fsp3) is 0.269. The fourth-order valence-corrected chi connectivity index (χ4v) is 6.97. The highest BCUT2D eigenvalue weighted by molar-refractivity contribution is 7.97. The second-order valence-electron chi connectivity index (χ2n) is 8.11. The van der Waals surface area contributed by atoms with E-state index < -0.39 is 0 Å². The maximum atomic E-state index is 12.6. The lowest BCUT2D eigenvalue weighted by Gasteiger charge is -2.19. The maximum Gasteiger partial charge on any atom is 0.314 e. The van der Waals surface area contributed by atoms with E-state index in [1.54, 1.807) is 0 Å². The Morgan fingerprint density at radius 3 is 1.83 bits per heavy atom. The van der Waals surface area contributed by atoms with Gasteiger partial charge in [-0.05, 0) is 79.6 Å². The highest BCUT2D eigenvalue weighted by atomic mass is 32.2. The largest absolute Gasteiger partial charge is 0.426 e. The van der Waals surface area contributed by atoms with Gasteiger partial charge in [-0.3, -0.25) is 4.79 Å². The van der Waals surface area contributed by atoms with E-state index in [0.717, 1.165) is 12.3 Å². The van der Waals surface area contributed by atoms with Crippen molar-refractivity contribution in [2.45, 2.75) is 40.4 Å². The lowest BCUT2D eigenvalue weighted by molar-refractivity contribution is -0.140. The van der Waals surface area contributed by atoms with Crippen LogP contribution in [-0.2, 0) is 15.7 Å². The monoisotopic (exact) mass is 401 g/mol. The molecular formula is C26H25O2S+. The Hall–Kier alpha value is -2.52. The van der Waals surface area contributed by atoms with Crippen LogP contribution in [0.1, 0.15) is 25.7 Å². The SMILES string of the molecule is O=C(Oc1ccc([S+](c2ccccc2)c2ccccc2)cc1)C1CC2CCC1C2. The zero-order valence-corrected chi connectivity index (χ0v) is 17.2. The van der Waals surface area contributed by atoms with Crippen molar-refractivity contribution in [3.05, 3.63) is 84.9 Å². The molecule has 0 amide bonds. The van der Waals surface area contributed by atoms with Crippen LogP contribution in [0.25, 0.3) is 0 Å². The Kier molecular flexibility index (Phi) is 5.15. The van der Waals surface area contributed by atoms with Crippen molar-refractivity contribution >= 4 is 16.9 Å². The van der Waals surface area contributed by atoms with E-state index in [0.29, 0.717) is 11.7 Å². The van der Waals surface area contributed by atoms with Crippen molar-refractivity contribution in [1.82, 2.24) is 0 Å². The molecule has 2 fully saturated rings. The molecule has 3 heteroatoms. The molecule has 0 heterocycles. The highest BCUT2D eigenvalue weighted by Crippen LogP contribution is 2.48. The summed E-state index contributed by atoms with van der Waals surface area (Å²) < 4.78 is 5.76. The van der Waals surface area contributed by atoms with Gasteiger partial charge in [0.1, 0.15) is 5.75 Å². The number of carbonyl (C=O) groups excluding carboxylic acids is 1. The number of esters is 1. The number of benzene rings is 3. The van der Waals surface area contributed by atoms with Crippen molar-refractivity contribution in [1.29, 1.82) is 0 Å². The maximum absolute atomic E-state index is 12.6. The third kappa shape index (κ3) is 3.84. The first-order valence-electron chi connectivity index (χ1n) is 10.4. The van der Waals surface area contributed by atoms with Gasteiger partial charge in [-0.1, -0.05) is 42.8 Å². The van der Waals surface area contributed by atoms with Crippen molar-refractivity contribution < 1.29 is 9.53 Å². The van der Waals surface area contributed by atoms with Crippen molar-refractivity contribution in [2.75, 3.05) is 0 Å². The van der Waals surface area contributed by atoms with Gasteiger partial charge in [-0.15, -0.1) is 0 Å². The Balaban J connectivity index is 1.37. The molecule has 0 aliphatic heterocycles. The van der Waals surface area contributed by atoms with Gasteiger partial charge in [-0.2, -0.15) is 0 Å². The molecule has 0 spiro atoms. The molecule has 3 aromatic rings. The summed E-state index contributed by atoms with van der Waals surface area (Å²) >= 11 is 0. The lowest BCUT2D eigenvalue weighted by atomic mass is 9.89. The van der Waals surface area contributed by atoms with Crippen LogP contribution in [0, 0.1) is 17.8 Å². The van der Waals surface area contributed by atoms with Crippen LogP contribution >= 0.6 is 0 Å². The number of rotatable bonds is 5. The molecule has 0 aromatic heterocycles. The first-order valence-corrected chi connectivity index (χ1v) is 11.7. The molecular weight excluding hydrogens is 376 g/mol. The van der Waals surface area contributed by atoms with Gasteiger partial charge in [0.2, 0.25) is 0 Å². The van der Waals surface area contributed by atoms with Crippen molar-refractivity contribution in [2.24, 2.45) is 17.8 Å². The van der Waals surface area contributed by atoms with Gasteiger partial charge in [0.15, 0.2) is 14.7 Å². The van der Waals surface area contributed by atoms with Gasteiger partial charge in [-0.25, -0.2) is 0 Å². The minimum absolute atomic E-state index is 0.0323. The molecule has 0 N–H and O–H groups in total. The summed E-state index contributed by atoms with van der Waals surface area (Å²) in [5.41, 5.74) is 0. The average molecular weight is 402 g/mol. The Morgan fingerprint density at radius 2 is 1.31 bits per heavy atom. The normalized spacial score (nSPS) is 22.7. The molecule has 2 aliphatic rings. The number of fused-ring (bicyclic) bond motifs is 2. The van der Waals surface area contributed by atoms with Crippen LogP contribution in [0.3, 0.4) is 0 Å². The van der Waals surface area contributed by atoms with E-state index in [1.165, 1.54) is 33.9 Å². The molecule has 5 rings (SSSR count). The topological polar surface area (TPSA) is 26.3 Å². The third-order valence-corrected chi connectivity index (χ3v) is 8.51. The van der Waals surface area contributed by atoms with Crippen LogP contribution in [0.4, 0.5) is 0 Å². The van der Waals surface area contributed by atoms with Gasteiger partial charge in [0, 0.05) is 0 Å². The molecule has 2 aliphatic carbocycles. The van der Waals surface area contributed by atoms with Gasteiger partial charge in [0.05, 0.1) is 16.8 Å². The molecule has 3 unspecified atom stereocenters. The highest BCUT2D eigenvalue weighted by Gasteiger charge is 2.44. The number of hydrogen-bond donors (Lipinski definition) is 0. The van der Waals surface area contributed by atoms with Gasteiger partial charge in [0.25, 0.3) is 0 Å². The molecule has 2 nitrogen and oxygen atoms in total. The van der Waals surface area contributed by atoms with Gasteiger partial charge < -0.3 is 4.74 Å². The number of ether oxygens (including phenoxy) is 1. The zero-order valence-electron chi connectivity index (χ0n) is 16.4. The quantitative estimate of drug-likeness (QED) is 0.292. The Bertz CT molecular complexity index is 929. The van der Waals surface area contributed by atoms with Crippen molar-refractivity contribution in [3.63, 3.8) is 0 Å². The summed E-state index contributed by atoms with van der Waals surface area (Å²) in [6, 6.07) is 29.3. The smallest absolute Gasteiger partial charge is 0.314 e. The molecule has 3 aromatic carbocycles. The molecule has 0 saturated heterocycles. The van der Waals surface area contributed by atoms with Crippen LogP contribution in [-0.4, -0.2) is 5.97 Å². The molecule has 146 valence electrons. The number of carbonyl (C=O) groups is 1. The van der Waals surface area contributed by atoms with Gasteiger partial charge >= 0.3 is 5.97 Å². The van der Waals surface area contributed by atoms with E-state index in [1.807, 2.05) is 24.3 Å². The second-order valence-corrected chi connectivity index (χ2v) is 10.1. The molecule has 29 heavy (non-hydrogen) atoms. The van der Waals surface area contributed by atoms with E-state index in [4.69, 9.17) is 4.74 Å². The van der Waals surface area contributed by atoms with E-state index in [2.05, 4.69) is 60.7 Å². The summed E-state index contributed by atoms with van der Waals surface area (Å²) in [6.45, 7) is 0. The summed E-state index contributed by atoms with van der Waals surface area (Å²) in [5, 5.41) is 0. The standard InChI is InChI=1S/C26H25O2S/c27-26(25-18-19-11-12-20(25)17-19)28-21-13-15-24(16-14-21)29(22-7-3-1-4-8-22)23-9-5-2-6-10-23/h1-10,13-16,19-20,25H,11-12,17-18H2/q+1. The average Bonchev–Trinajstić information content (AvgIpc) is 3.41. The summed E-state index contributed by atoms with van der Waals surface area (Å²) in [6.07, 6.45) is 4.73. The minimum atomic E-state index is -0.179. The first-order chi connectivity index (χ1) is 14.3. The predicted molar refractivity (Wildman–Crippen MR) is 116 cm³/mol. The predicted octanol–water partition coefficient (Wildman–Crippen LogP) is 6.12. The van der Waals surface area contributed by atoms with Crippen LogP contribution in [0.5, 0.6) is 5.75 Å². The summed E-state index contributed by atoms with van der Waals surface area (Å²) in [7, 11) is -0.179. The molecule has 0 radical (unpaired) electrons. The van der Waals surface area contributed by atoms with Crippen molar-refractivity contribution in [3.8, 4) is 5.75 Å². The molecule has 2 saturated carbocycles. The molecule has 2 bridgehead atoms. The number of hydrogen-bond acceptors (Lipinski definition) is 2. The Labute approximate surface area is 175 Å².